The van der Waals surface area contributed by atoms with E-state index in [-0.39, 0.29) is 5.54 Å². The van der Waals surface area contributed by atoms with Crippen molar-refractivity contribution in [3.8, 4) is 0 Å². The van der Waals surface area contributed by atoms with Crippen molar-refractivity contribution in [2.45, 2.75) is 57.5 Å². The van der Waals surface area contributed by atoms with Crippen LogP contribution in [0.4, 0.5) is 10.5 Å². The van der Waals surface area contributed by atoms with Gasteiger partial charge >= 0.3 is 18.0 Å². The maximum atomic E-state index is 9.60. The summed E-state index contributed by atoms with van der Waals surface area (Å²) in [6.45, 7) is 4.36. The molecule has 7 rings (SSSR count). The Kier molecular flexibility index (Phi) is 11.1. The Balaban J connectivity index is 0.000000152. The summed E-state index contributed by atoms with van der Waals surface area (Å²) in [6, 6.07) is 26.3. The van der Waals surface area contributed by atoms with Crippen molar-refractivity contribution in [1.29, 1.82) is 0 Å². The number of nitrogens with two attached hydrogens (primary N) is 2. The lowest BCUT2D eigenvalue weighted by atomic mass is 9.82. The molecule has 3 aliphatic rings. The number of para-hydroxylation sites is 1. The van der Waals surface area contributed by atoms with Crippen LogP contribution in [0, 0.1) is 0 Å². The number of rotatable bonds is 3. The molecule has 4 aromatic rings. The summed E-state index contributed by atoms with van der Waals surface area (Å²) in [5.74, 6) is -2.51. The number of aliphatic carboxylic acids is 2. The number of nitrogen functional groups attached to an aromatic ring is 1. The highest BCUT2D eigenvalue weighted by molar-refractivity contribution is 5.92. The van der Waals surface area contributed by atoms with Crippen LogP contribution >= 0.6 is 0 Å². The lowest BCUT2D eigenvalue weighted by Gasteiger charge is -2.34. The van der Waals surface area contributed by atoms with E-state index in [1.165, 1.54) is 46.4 Å². The van der Waals surface area contributed by atoms with Gasteiger partial charge in [0.05, 0.1) is 17.7 Å². The van der Waals surface area contributed by atoms with Crippen molar-refractivity contribution in [3.05, 3.63) is 118 Å². The van der Waals surface area contributed by atoms with Gasteiger partial charge in [0.25, 0.3) is 0 Å². The van der Waals surface area contributed by atoms with Gasteiger partial charge in [-0.3, -0.25) is 10.3 Å². The Hall–Kier alpha value is -5.22. The smallest absolute Gasteiger partial charge is 0.404 e. The molecule has 2 aliphatic heterocycles. The standard InChI is InChI=1S/C16H15N.C13H14N2.C4H4O4.C3H7NO2/c1-16-13-8-4-2-6-11(13)10-15(17-16)12-7-3-5-9-14(12)16;14-13-9-5-1-3-7-11(9)15-12-8-4-2-6-10(12)13;5-3(6)1-2-4(7)8;1-2-6-3(4)5/h2-9,15,17H,10H2,1H3;1,3,5,7H,2,4,6,8H2,(H2,14,15);1-2H,(H,5,6)(H,7,8);2H2,1H3,(H2,4,5)/b;;2-1-;/t15-,16+;;;/m1.../s1. The van der Waals surface area contributed by atoms with E-state index < -0.39 is 18.0 Å². The average Bonchev–Trinajstić information content (AvgIpc) is 3.28. The molecule has 0 saturated heterocycles. The van der Waals surface area contributed by atoms with Crippen molar-refractivity contribution >= 4 is 34.6 Å². The lowest BCUT2D eigenvalue weighted by molar-refractivity contribution is -0.134. The van der Waals surface area contributed by atoms with Gasteiger partial charge in [-0.2, -0.15) is 0 Å². The molecule has 10 nitrogen and oxygen atoms in total. The number of primary amides is 1. The van der Waals surface area contributed by atoms with E-state index in [2.05, 4.69) is 77.3 Å². The summed E-state index contributed by atoms with van der Waals surface area (Å²) < 4.78 is 4.18. The quantitative estimate of drug-likeness (QED) is 0.180. The van der Waals surface area contributed by atoms with Crippen molar-refractivity contribution < 1.29 is 29.3 Å². The lowest BCUT2D eigenvalue weighted by Crippen LogP contribution is -2.41. The predicted molar refractivity (Wildman–Crippen MR) is 177 cm³/mol. The first-order chi connectivity index (χ1) is 22.0. The highest BCUT2D eigenvalue weighted by atomic mass is 16.5. The zero-order chi connectivity index (χ0) is 33.3. The van der Waals surface area contributed by atoms with Gasteiger partial charge in [-0.25, -0.2) is 14.4 Å². The van der Waals surface area contributed by atoms with E-state index in [0.717, 1.165) is 35.9 Å². The summed E-state index contributed by atoms with van der Waals surface area (Å²) in [6.07, 6.45) is 6.20. The van der Waals surface area contributed by atoms with Gasteiger partial charge in [-0.15, -0.1) is 0 Å². The summed E-state index contributed by atoms with van der Waals surface area (Å²) >= 11 is 0. The average molecular weight is 625 g/mol. The van der Waals surface area contributed by atoms with Crippen LogP contribution in [0.15, 0.2) is 84.9 Å². The third kappa shape index (κ3) is 7.89. The Morgan fingerprint density at radius 1 is 0.935 bits per heavy atom. The molecule has 3 aromatic carbocycles. The molecular formula is C36H40N4O6. The van der Waals surface area contributed by atoms with Crippen molar-refractivity contribution in [3.63, 3.8) is 0 Å². The van der Waals surface area contributed by atoms with E-state index in [9.17, 15) is 14.4 Å². The first-order valence-electron chi connectivity index (χ1n) is 15.2. The zero-order valence-corrected chi connectivity index (χ0v) is 26.0. The number of carbonyl (C=O) groups is 3. The Morgan fingerprint density at radius 3 is 2.20 bits per heavy atom. The van der Waals surface area contributed by atoms with Crippen molar-refractivity contribution in [2.75, 3.05) is 12.3 Å². The van der Waals surface area contributed by atoms with Gasteiger partial charge in [0.1, 0.15) is 0 Å². The van der Waals surface area contributed by atoms with Gasteiger partial charge in [0.15, 0.2) is 0 Å². The monoisotopic (exact) mass is 624 g/mol. The minimum atomic E-state index is -1.26. The number of anilines is 1. The van der Waals surface area contributed by atoms with Crippen LogP contribution in [0.2, 0.25) is 0 Å². The number of hydrogen-bond acceptors (Lipinski definition) is 7. The molecule has 2 bridgehead atoms. The minimum Gasteiger partial charge on any atom is -0.478 e. The molecule has 7 N–H and O–H groups in total. The molecule has 46 heavy (non-hydrogen) atoms. The van der Waals surface area contributed by atoms with Crippen LogP contribution < -0.4 is 16.8 Å². The number of nitrogens with one attached hydrogen (secondary N) is 1. The maximum Gasteiger partial charge on any atom is 0.404 e. The number of benzene rings is 3. The van der Waals surface area contributed by atoms with Crippen LogP contribution in [-0.2, 0) is 39.1 Å². The van der Waals surface area contributed by atoms with Gasteiger partial charge in [0, 0.05) is 35.0 Å². The van der Waals surface area contributed by atoms with Crippen molar-refractivity contribution in [1.82, 2.24) is 10.3 Å². The summed E-state index contributed by atoms with van der Waals surface area (Å²) in [5.41, 5.74) is 21.1. The molecule has 0 radical (unpaired) electrons. The summed E-state index contributed by atoms with van der Waals surface area (Å²) in [7, 11) is 0. The van der Waals surface area contributed by atoms with Gasteiger partial charge in [0.2, 0.25) is 0 Å². The fourth-order valence-electron chi connectivity index (χ4n) is 6.24. The predicted octanol–water partition coefficient (Wildman–Crippen LogP) is 5.66. The fraction of sp³-hybridized carbons (Fsp3) is 0.278. The highest BCUT2D eigenvalue weighted by Gasteiger charge is 2.45. The number of carboxylic acids is 2. The van der Waals surface area contributed by atoms with Gasteiger partial charge in [-0.1, -0.05) is 66.7 Å². The number of hydrogen-bond donors (Lipinski definition) is 5. The van der Waals surface area contributed by atoms with Gasteiger partial charge < -0.3 is 26.4 Å². The second-order valence-electron chi connectivity index (χ2n) is 11.2. The number of aryl methyl sites for hydroxylation is 1. The summed E-state index contributed by atoms with van der Waals surface area (Å²) in [5, 5.41) is 20.5. The number of fused-ring (bicyclic) bond motifs is 9. The largest absolute Gasteiger partial charge is 0.478 e. The number of nitrogens with zero attached hydrogens (tertiary/aromatic N) is 1. The van der Waals surface area contributed by atoms with E-state index in [1.54, 1.807) is 6.92 Å². The van der Waals surface area contributed by atoms with Crippen LogP contribution in [0.3, 0.4) is 0 Å². The Bertz CT molecular complexity index is 1730. The van der Waals surface area contributed by atoms with E-state index >= 15 is 0 Å². The molecule has 0 spiro atoms. The van der Waals surface area contributed by atoms with Crippen LogP contribution in [0.1, 0.15) is 66.2 Å². The third-order valence-corrected chi connectivity index (χ3v) is 8.19. The molecule has 0 fully saturated rings. The SMILES string of the molecule is CCOC(N)=O.C[C@]12N[C@H](Cc3ccccc31)c1ccccc12.Nc1c2c(nc3ccccc13)CCCC2.O=C(O)/C=C\C(=O)O. The molecule has 1 amide bonds. The maximum absolute atomic E-state index is 9.60. The Labute approximate surface area is 268 Å². The van der Waals surface area contributed by atoms with E-state index in [4.69, 9.17) is 20.9 Å². The van der Waals surface area contributed by atoms with Gasteiger partial charge in [-0.05, 0) is 79.8 Å². The highest BCUT2D eigenvalue weighted by Crippen LogP contribution is 2.47. The van der Waals surface area contributed by atoms with Crippen molar-refractivity contribution in [2.24, 2.45) is 5.73 Å². The second kappa shape index (κ2) is 15.2. The normalized spacial score (nSPS) is 18.2. The van der Waals surface area contributed by atoms with E-state index in [1.807, 2.05) is 18.2 Å². The summed E-state index contributed by atoms with van der Waals surface area (Å²) in [4.78, 5) is 33.4. The number of amides is 1. The number of aromatic nitrogens is 1. The van der Waals surface area contributed by atoms with E-state index in [0.29, 0.717) is 24.8 Å². The van der Waals surface area contributed by atoms with Crippen LogP contribution in [-0.4, -0.2) is 39.8 Å². The van der Waals surface area contributed by atoms with Crippen LogP contribution in [0.25, 0.3) is 10.9 Å². The zero-order valence-electron chi connectivity index (χ0n) is 26.0. The fourth-order valence-corrected chi connectivity index (χ4v) is 6.24. The number of carbonyl (C=O) groups excluding carboxylic acids is 1. The number of pyridine rings is 1. The molecule has 240 valence electrons. The third-order valence-electron chi connectivity index (χ3n) is 8.19. The molecule has 1 aromatic heterocycles. The minimum absolute atomic E-state index is 0.0100. The molecule has 10 heteroatoms. The second-order valence-corrected chi connectivity index (χ2v) is 11.2. The van der Waals surface area contributed by atoms with Crippen LogP contribution in [0.5, 0.6) is 0 Å². The first kappa shape index (κ1) is 33.7. The molecule has 0 saturated carbocycles. The first-order valence-corrected chi connectivity index (χ1v) is 15.2. The molecule has 2 atom stereocenters. The topological polar surface area (TPSA) is 178 Å². The molecule has 1 aliphatic carbocycles. The number of carboxylic acid groups (broad SMARTS) is 2. The molecule has 3 heterocycles. The number of ether oxygens (including phenoxy) is 1. The Morgan fingerprint density at radius 2 is 1.54 bits per heavy atom. The molecule has 0 unspecified atom stereocenters. The molecular weight excluding hydrogens is 584 g/mol.